The molecule has 0 unspecified atom stereocenters. The second-order valence-corrected chi connectivity index (χ2v) is 0. The summed E-state index contributed by atoms with van der Waals surface area (Å²) in [6.07, 6.45) is 0. The fourth-order valence-electron chi connectivity index (χ4n) is 0. The van der Waals surface area contributed by atoms with E-state index in [1.54, 1.807) is 0 Å². The Morgan fingerprint density at radius 1 is 1.00 bits per heavy atom. The van der Waals surface area contributed by atoms with E-state index >= 15 is 0 Å². The predicted octanol–water partition coefficient (Wildman–Crippen LogP) is -1.75. The van der Waals surface area contributed by atoms with E-state index in [1.807, 2.05) is 0 Å². The van der Waals surface area contributed by atoms with Crippen molar-refractivity contribution in [3.63, 3.8) is 0 Å². The van der Waals surface area contributed by atoms with Gasteiger partial charge in [-0.15, -0.1) is 0 Å². The zero-order valence-corrected chi connectivity index (χ0v) is 3.80. The maximum Gasteiger partial charge on any atom is 0 e. The van der Waals surface area contributed by atoms with Crippen LogP contribution >= 0.6 is 0 Å². The summed E-state index contributed by atoms with van der Waals surface area (Å²) in [6, 6.07) is 0. The molecule has 1 nitrogen and oxygen atoms in total. The van der Waals surface area contributed by atoms with Crippen molar-refractivity contribution in [3.05, 3.63) is 0 Å². The molecule has 4 heavy (non-hydrogen) atoms. The average molecular weight is 172 g/mol. The van der Waals surface area contributed by atoms with E-state index in [-0.39, 0.29) is 82.0 Å². The van der Waals surface area contributed by atoms with Crippen molar-refractivity contribution < 1.29 is 44.3 Å². The first kappa shape index (κ1) is 31.9. The van der Waals surface area contributed by atoms with Crippen LogP contribution in [0.3, 0.4) is 0 Å². The molecular weight excluding hydrogens is 167 g/mol. The van der Waals surface area contributed by atoms with E-state index in [1.165, 1.54) is 0 Å². The summed E-state index contributed by atoms with van der Waals surface area (Å²) >= 11 is 0. The van der Waals surface area contributed by atoms with Gasteiger partial charge in [0.15, 0.2) is 0 Å². The largest absolute Gasteiger partial charge is 0 e. The van der Waals surface area contributed by atoms with Crippen molar-refractivity contribution >= 4 is 37.7 Å². The number of hydrogen-bond acceptors (Lipinski definition) is 0. The molecule has 0 spiro atoms. The van der Waals surface area contributed by atoms with Gasteiger partial charge in [-0.05, 0) is 0 Å². The molecule has 0 saturated carbocycles. The molecule has 0 aromatic heterocycles. The van der Waals surface area contributed by atoms with Gasteiger partial charge in [-0.25, -0.2) is 0 Å². The first-order chi connectivity index (χ1) is 0. The molecule has 0 aliphatic carbocycles. The van der Waals surface area contributed by atoms with E-state index in [9.17, 15) is 0 Å². The van der Waals surface area contributed by atoms with E-state index < -0.39 is 0 Å². The maximum absolute atomic E-state index is 0. The molecule has 0 amide bonds. The van der Waals surface area contributed by atoms with Gasteiger partial charge in [0.2, 0.25) is 0 Å². The van der Waals surface area contributed by atoms with Crippen molar-refractivity contribution in [2.45, 2.75) is 0 Å². The first-order valence-corrected chi connectivity index (χ1v) is 0. The molecule has 0 bridgehead atoms. The maximum atomic E-state index is 0. The Hall–Kier alpha value is 2.45. The van der Waals surface area contributed by atoms with Crippen LogP contribution in [0, 0.1) is 0 Å². The quantitative estimate of drug-likeness (QED) is 0.388. The molecule has 4 heteroatoms. The van der Waals surface area contributed by atoms with Crippen LogP contribution in [-0.2, 0) is 38.8 Å². The Kier molecular flexibility index (Phi) is 143. The molecule has 0 aromatic carbocycles. The average Bonchev–Trinajstić information content (AvgIpc) is 0. The van der Waals surface area contributed by atoms with Gasteiger partial charge in [0.1, 0.15) is 0 Å². The molecule has 0 rings (SSSR count). The van der Waals surface area contributed by atoms with Crippen LogP contribution in [0.4, 0.5) is 0 Å². The van der Waals surface area contributed by atoms with Crippen LogP contribution in [0.25, 0.3) is 0 Å². The van der Waals surface area contributed by atoms with Crippen LogP contribution in [0.1, 0.15) is 0 Å². The molecule has 27 valence electrons. The fourth-order valence-corrected chi connectivity index (χ4v) is 0. The van der Waals surface area contributed by atoms with E-state index in [0.717, 1.165) is 0 Å². The second-order valence-electron chi connectivity index (χ2n) is 0. The number of rotatable bonds is 0. The van der Waals surface area contributed by atoms with Crippen molar-refractivity contribution in [1.82, 2.24) is 0 Å². The SMILES string of the molecule is O.[CaH2].[Cu].[Ti]. The molecule has 1 radical (unpaired) electrons. The smallest absolute Gasteiger partial charge is 0 e. The minimum absolute atomic E-state index is 0. The van der Waals surface area contributed by atoms with Gasteiger partial charge in [0.05, 0.1) is 0 Å². The molecule has 2 N–H and O–H groups in total. The van der Waals surface area contributed by atoms with Crippen LogP contribution in [0.5, 0.6) is 0 Å². The molecule has 0 aliphatic heterocycles. The van der Waals surface area contributed by atoms with Crippen LogP contribution < -0.4 is 0 Å². The van der Waals surface area contributed by atoms with Crippen molar-refractivity contribution in [2.75, 3.05) is 0 Å². The predicted molar refractivity (Wildman–Crippen MR) is 12.2 cm³/mol. The van der Waals surface area contributed by atoms with Crippen molar-refractivity contribution in [1.29, 1.82) is 0 Å². The van der Waals surface area contributed by atoms with Gasteiger partial charge < -0.3 is 5.48 Å². The van der Waals surface area contributed by atoms with Crippen molar-refractivity contribution in [3.8, 4) is 0 Å². The summed E-state index contributed by atoms with van der Waals surface area (Å²) in [4.78, 5) is 0. The van der Waals surface area contributed by atoms with Gasteiger partial charge >= 0.3 is 37.7 Å². The summed E-state index contributed by atoms with van der Waals surface area (Å²) in [5, 5.41) is 0. The molecule has 0 aliphatic rings. The van der Waals surface area contributed by atoms with E-state index in [0.29, 0.717) is 0 Å². The van der Waals surface area contributed by atoms with Crippen LogP contribution in [0.15, 0.2) is 0 Å². The summed E-state index contributed by atoms with van der Waals surface area (Å²) in [7, 11) is 0. The summed E-state index contributed by atoms with van der Waals surface area (Å²) in [5.74, 6) is 0. The molecule has 0 aromatic rings. The topological polar surface area (TPSA) is 31.5 Å². The van der Waals surface area contributed by atoms with Gasteiger partial charge in [0.25, 0.3) is 0 Å². The summed E-state index contributed by atoms with van der Waals surface area (Å²) in [5.41, 5.74) is 0. The van der Waals surface area contributed by atoms with E-state index in [2.05, 4.69) is 0 Å². The molecule has 0 atom stereocenters. The zero-order valence-electron chi connectivity index (χ0n) is 1.30. The van der Waals surface area contributed by atoms with Gasteiger partial charge in [0, 0.05) is 38.8 Å². The molecule has 0 heterocycles. The minimum Gasteiger partial charge on any atom is 0 e. The Balaban J connectivity index is 0. The van der Waals surface area contributed by atoms with Crippen molar-refractivity contribution in [2.24, 2.45) is 0 Å². The third-order valence-electron chi connectivity index (χ3n) is 0. The zero-order chi connectivity index (χ0) is 0. The van der Waals surface area contributed by atoms with Crippen LogP contribution in [-0.4, -0.2) is 43.2 Å². The summed E-state index contributed by atoms with van der Waals surface area (Å²) < 4.78 is 0. The standard InChI is InChI=1S/Ca.Cu.H2O.Ti.2H/h;;1H2;;;. The Morgan fingerprint density at radius 3 is 1.00 bits per heavy atom. The summed E-state index contributed by atoms with van der Waals surface area (Å²) in [6.45, 7) is 0. The third kappa shape index (κ3) is 8.82. The normalized spacial score (nSPS) is 0. The first-order valence-electron chi connectivity index (χ1n) is 0. The molecular formula is H4CaCuOTi. The Bertz CT molecular complexity index is 8.00. The van der Waals surface area contributed by atoms with E-state index in [4.69, 9.17) is 0 Å². The second kappa shape index (κ2) is 18.0. The number of hydrogen-bond donors (Lipinski definition) is 0. The Labute approximate surface area is 80.6 Å². The minimum atomic E-state index is 0. The monoisotopic (exact) mass is 171 g/mol. The molecule has 0 saturated heterocycles. The van der Waals surface area contributed by atoms with Gasteiger partial charge in [-0.2, -0.15) is 0 Å². The van der Waals surface area contributed by atoms with Crippen LogP contribution in [0.2, 0.25) is 0 Å². The third-order valence-corrected chi connectivity index (χ3v) is 0. The Morgan fingerprint density at radius 2 is 1.00 bits per heavy atom. The van der Waals surface area contributed by atoms with Gasteiger partial charge in [-0.1, -0.05) is 0 Å². The van der Waals surface area contributed by atoms with Gasteiger partial charge in [-0.3, -0.25) is 0 Å². The fraction of sp³-hybridized carbons (Fsp3) is 0. The molecule has 0 fully saturated rings.